The number of carbonyl (C=O) groups is 1. The van der Waals surface area contributed by atoms with Crippen molar-refractivity contribution in [2.75, 3.05) is 6.54 Å². The lowest BCUT2D eigenvalue weighted by molar-refractivity contribution is -0.123. The lowest BCUT2D eigenvalue weighted by Crippen LogP contribution is -2.41. The molecule has 3 N–H and O–H groups in total. The van der Waals surface area contributed by atoms with E-state index in [1.807, 2.05) is 13.8 Å². The van der Waals surface area contributed by atoms with Crippen LogP contribution in [0.2, 0.25) is 0 Å². The molecule has 128 valence electrons. The van der Waals surface area contributed by atoms with Gasteiger partial charge in [0.1, 0.15) is 10.8 Å². The van der Waals surface area contributed by atoms with Crippen molar-refractivity contribution in [3.8, 4) is 10.6 Å². The van der Waals surface area contributed by atoms with Gasteiger partial charge >= 0.3 is 0 Å². The maximum absolute atomic E-state index is 13.0. The van der Waals surface area contributed by atoms with Crippen molar-refractivity contribution >= 4 is 17.2 Å². The monoisotopic (exact) mass is 349 g/mol. The van der Waals surface area contributed by atoms with Gasteiger partial charge in [0.15, 0.2) is 0 Å². The van der Waals surface area contributed by atoms with Gasteiger partial charge in [0.2, 0.25) is 5.91 Å². The van der Waals surface area contributed by atoms with Crippen LogP contribution in [-0.4, -0.2) is 34.7 Å². The molecule has 3 rings (SSSR count). The topological polar surface area (TPSA) is 74.2 Å². The number of amides is 1. The van der Waals surface area contributed by atoms with Crippen molar-refractivity contribution in [1.82, 2.24) is 15.6 Å². The number of benzene rings is 1. The average molecular weight is 349 g/mol. The summed E-state index contributed by atoms with van der Waals surface area (Å²) in [5.41, 5.74) is 1.71. The molecular weight excluding hydrogens is 329 g/mol. The van der Waals surface area contributed by atoms with Crippen LogP contribution in [-0.2, 0) is 4.79 Å². The van der Waals surface area contributed by atoms with Gasteiger partial charge in [-0.25, -0.2) is 9.37 Å². The summed E-state index contributed by atoms with van der Waals surface area (Å²) in [7, 11) is 0. The molecule has 0 saturated carbocycles. The molecule has 24 heavy (non-hydrogen) atoms. The highest BCUT2D eigenvalue weighted by atomic mass is 32.1. The van der Waals surface area contributed by atoms with Crippen LogP contribution in [0.15, 0.2) is 24.3 Å². The van der Waals surface area contributed by atoms with Gasteiger partial charge in [-0.15, -0.1) is 11.3 Å². The van der Waals surface area contributed by atoms with Gasteiger partial charge in [-0.05, 0) is 44.5 Å². The summed E-state index contributed by atoms with van der Waals surface area (Å²) in [4.78, 5) is 17.8. The number of hydrogen-bond acceptors (Lipinski definition) is 5. The Morgan fingerprint density at radius 2 is 2.17 bits per heavy atom. The van der Waals surface area contributed by atoms with Crippen LogP contribution < -0.4 is 10.6 Å². The number of nitrogens with zero attached hydrogens (tertiary/aromatic N) is 1. The zero-order valence-corrected chi connectivity index (χ0v) is 14.4. The maximum Gasteiger partial charge on any atom is 0.237 e. The van der Waals surface area contributed by atoms with Gasteiger partial charge in [0.25, 0.3) is 0 Å². The molecule has 2 heterocycles. The molecule has 5 nitrogen and oxygen atoms in total. The molecule has 1 amide bonds. The largest absolute Gasteiger partial charge is 0.392 e. The van der Waals surface area contributed by atoms with Crippen LogP contribution in [0.5, 0.6) is 0 Å². The predicted molar refractivity (Wildman–Crippen MR) is 91.2 cm³/mol. The molecule has 1 aliphatic rings. The Morgan fingerprint density at radius 3 is 2.79 bits per heavy atom. The number of nitrogens with one attached hydrogen (secondary N) is 2. The van der Waals surface area contributed by atoms with Crippen molar-refractivity contribution in [2.45, 2.75) is 38.5 Å². The number of carbonyl (C=O) groups excluding carboxylic acids is 1. The van der Waals surface area contributed by atoms with Crippen LogP contribution in [0.25, 0.3) is 10.6 Å². The molecule has 1 aromatic heterocycles. The van der Waals surface area contributed by atoms with Crippen LogP contribution >= 0.6 is 11.3 Å². The first-order valence-corrected chi connectivity index (χ1v) is 8.70. The Balaban J connectivity index is 1.72. The molecule has 1 aromatic carbocycles. The molecule has 0 spiro atoms. The molecule has 3 unspecified atom stereocenters. The summed E-state index contributed by atoms with van der Waals surface area (Å²) in [5.74, 6) is -0.394. The summed E-state index contributed by atoms with van der Waals surface area (Å²) in [6.07, 6.45) is -0.0348. The Morgan fingerprint density at radius 1 is 1.46 bits per heavy atom. The van der Waals surface area contributed by atoms with E-state index in [9.17, 15) is 14.3 Å². The molecule has 1 fully saturated rings. The van der Waals surface area contributed by atoms with E-state index in [0.717, 1.165) is 21.1 Å². The standard InChI is InChI=1S/C17H20FN3O2S/c1-9(20-16(23)14-7-13(22)8-19-14)15-10(2)21-17(24-15)11-3-5-12(18)6-4-11/h3-6,9,13-14,19,22H,7-8H2,1-2H3,(H,20,23). The van der Waals surface area contributed by atoms with E-state index in [2.05, 4.69) is 15.6 Å². The minimum Gasteiger partial charge on any atom is -0.392 e. The van der Waals surface area contributed by atoms with E-state index in [-0.39, 0.29) is 23.8 Å². The highest BCUT2D eigenvalue weighted by Gasteiger charge is 2.29. The SMILES string of the molecule is Cc1nc(-c2ccc(F)cc2)sc1C(C)NC(=O)C1CC(O)CN1. The molecule has 2 aromatic rings. The third-order valence-corrected chi connectivity index (χ3v) is 5.49. The number of aliphatic hydroxyl groups excluding tert-OH is 1. The quantitative estimate of drug-likeness (QED) is 0.791. The molecule has 3 atom stereocenters. The number of halogens is 1. The van der Waals surface area contributed by atoms with Gasteiger partial charge in [0.05, 0.1) is 28.8 Å². The van der Waals surface area contributed by atoms with E-state index >= 15 is 0 Å². The van der Waals surface area contributed by atoms with Crippen LogP contribution in [0, 0.1) is 12.7 Å². The highest BCUT2D eigenvalue weighted by Crippen LogP contribution is 2.31. The van der Waals surface area contributed by atoms with Gasteiger partial charge in [-0.3, -0.25) is 4.79 Å². The number of aromatic nitrogens is 1. The Hall–Kier alpha value is -1.83. The Kier molecular flexibility index (Phi) is 4.93. The third-order valence-electron chi connectivity index (χ3n) is 4.10. The summed E-state index contributed by atoms with van der Waals surface area (Å²) in [6.45, 7) is 4.26. The Bertz CT molecular complexity index is 732. The zero-order valence-electron chi connectivity index (χ0n) is 13.5. The number of rotatable bonds is 4. The molecule has 7 heteroatoms. The molecular formula is C17H20FN3O2S. The number of thiazole rings is 1. The molecule has 0 aliphatic carbocycles. The minimum atomic E-state index is -0.466. The predicted octanol–water partition coefficient (Wildman–Crippen LogP) is 2.16. The van der Waals surface area contributed by atoms with E-state index in [1.165, 1.54) is 23.5 Å². The zero-order chi connectivity index (χ0) is 17.3. The van der Waals surface area contributed by atoms with E-state index in [0.29, 0.717) is 13.0 Å². The molecule has 1 aliphatic heterocycles. The van der Waals surface area contributed by atoms with Crippen LogP contribution in [0.1, 0.15) is 30.0 Å². The minimum absolute atomic E-state index is 0.116. The van der Waals surface area contributed by atoms with E-state index < -0.39 is 6.10 Å². The molecule has 1 saturated heterocycles. The second-order valence-electron chi connectivity index (χ2n) is 6.06. The maximum atomic E-state index is 13.0. The second kappa shape index (κ2) is 6.96. The number of hydrogen-bond donors (Lipinski definition) is 3. The summed E-state index contributed by atoms with van der Waals surface area (Å²) in [6, 6.07) is 5.69. The lowest BCUT2D eigenvalue weighted by Gasteiger charge is -2.16. The van der Waals surface area contributed by atoms with Crippen molar-refractivity contribution in [2.24, 2.45) is 0 Å². The fourth-order valence-electron chi connectivity index (χ4n) is 2.82. The van der Waals surface area contributed by atoms with Crippen LogP contribution in [0.3, 0.4) is 0 Å². The second-order valence-corrected chi connectivity index (χ2v) is 7.09. The van der Waals surface area contributed by atoms with Gasteiger partial charge < -0.3 is 15.7 Å². The number of aliphatic hydroxyl groups is 1. The summed E-state index contributed by atoms with van der Waals surface area (Å²) < 4.78 is 13.0. The van der Waals surface area contributed by atoms with Gasteiger partial charge in [0, 0.05) is 12.1 Å². The number of β-amino-alcohol motifs (C(OH)–C–C–N with tert-alkyl or cyclic N) is 1. The number of aryl methyl sites for hydroxylation is 1. The third kappa shape index (κ3) is 3.63. The smallest absolute Gasteiger partial charge is 0.237 e. The fourth-order valence-corrected chi connectivity index (χ4v) is 3.90. The van der Waals surface area contributed by atoms with Gasteiger partial charge in [-0.2, -0.15) is 0 Å². The Labute approximate surface area is 143 Å². The van der Waals surface area contributed by atoms with Crippen molar-refractivity contribution in [1.29, 1.82) is 0 Å². The average Bonchev–Trinajstić information content (AvgIpc) is 3.14. The molecule has 0 bridgehead atoms. The first-order chi connectivity index (χ1) is 11.4. The lowest BCUT2D eigenvalue weighted by atomic mass is 10.1. The summed E-state index contributed by atoms with van der Waals surface area (Å²) >= 11 is 1.49. The summed E-state index contributed by atoms with van der Waals surface area (Å²) in [5, 5.41) is 16.3. The van der Waals surface area contributed by atoms with Crippen molar-refractivity contribution < 1.29 is 14.3 Å². The van der Waals surface area contributed by atoms with E-state index in [1.54, 1.807) is 12.1 Å². The molecule has 0 radical (unpaired) electrons. The first-order valence-electron chi connectivity index (χ1n) is 7.89. The fraction of sp³-hybridized carbons (Fsp3) is 0.412. The van der Waals surface area contributed by atoms with E-state index in [4.69, 9.17) is 0 Å². The van der Waals surface area contributed by atoms with Crippen molar-refractivity contribution in [3.63, 3.8) is 0 Å². The highest BCUT2D eigenvalue weighted by molar-refractivity contribution is 7.15. The van der Waals surface area contributed by atoms with Gasteiger partial charge in [-0.1, -0.05) is 0 Å². The van der Waals surface area contributed by atoms with Crippen LogP contribution in [0.4, 0.5) is 4.39 Å². The normalized spacial score (nSPS) is 21.7. The van der Waals surface area contributed by atoms with Crippen molar-refractivity contribution in [3.05, 3.63) is 40.7 Å². The first kappa shape index (κ1) is 17.0.